The van der Waals surface area contributed by atoms with Gasteiger partial charge in [0.1, 0.15) is 17.3 Å². The fourth-order valence-corrected chi connectivity index (χ4v) is 2.08. The molecule has 0 bridgehead atoms. The van der Waals surface area contributed by atoms with E-state index in [9.17, 15) is 9.18 Å². The van der Waals surface area contributed by atoms with Gasteiger partial charge in [0.25, 0.3) is 0 Å². The molecule has 0 fully saturated rings. The minimum absolute atomic E-state index is 0.261. The number of carbonyl (C=O) groups is 1. The van der Waals surface area contributed by atoms with Gasteiger partial charge >= 0.3 is 6.03 Å². The largest absolute Gasteiger partial charge is 0.497 e. The first kappa shape index (κ1) is 16.6. The number of halogens is 1. The summed E-state index contributed by atoms with van der Waals surface area (Å²) in [5.74, 6) is 0.839. The van der Waals surface area contributed by atoms with Crippen molar-refractivity contribution >= 4 is 11.7 Å². The molecule has 5 nitrogen and oxygen atoms in total. The molecule has 2 aromatic rings. The summed E-state index contributed by atoms with van der Waals surface area (Å²) in [5.41, 5.74) is 1.36. The molecule has 0 aliphatic carbocycles. The highest BCUT2D eigenvalue weighted by molar-refractivity contribution is 5.90. The Hall–Kier alpha value is -2.76. The number of amides is 2. The van der Waals surface area contributed by atoms with Crippen LogP contribution >= 0.6 is 0 Å². The lowest BCUT2D eigenvalue weighted by molar-refractivity contribution is 0.249. The quantitative estimate of drug-likeness (QED) is 0.883. The van der Waals surface area contributed by atoms with Gasteiger partial charge in [-0.3, -0.25) is 0 Å². The van der Waals surface area contributed by atoms with E-state index in [1.54, 1.807) is 30.3 Å². The molecule has 2 amide bonds. The van der Waals surface area contributed by atoms with Crippen LogP contribution in [0.2, 0.25) is 0 Å². The standard InChI is InChI=1S/C17H19FN2O3/c1-11(12-4-6-13(18)7-5-12)19-17(21)20-14-8-15(22-2)10-16(9-14)23-3/h4-11H,1-3H3,(H2,19,20,21)/t11-/m1/s1. The van der Waals surface area contributed by atoms with Gasteiger partial charge < -0.3 is 20.1 Å². The molecule has 0 saturated heterocycles. The molecule has 23 heavy (non-hydrogen) atoms. The van der Waals surface area contributed by atoms with Crippen molar-refractivity contribution in [3.05, 3.63) is 53.8 Å². The van der Waals surface area contributed by atoms with Crippen LogP contribution in [0.5, 0.6) is 11.5 Å². The summed E-state index contributed by atoms with van der Waals surface area (Å²) in [6.07, 6.45) is 0. The summed E-state index contributed by atoms with van der Waals surface area (Å²) >= 11 is 0. The van der Waals surface area contributed by atoms with Crippen molar-refractivity contribution in [1.29, 1.82) is 0 Å². The molecule has 2 rings (SSSR count). The number of methoxy groups -OCH3 is 2. The average Bonchev–Trinajstić information content (AvgIpc) is 2.54. The van der Waals surface area contributed by atoms with E-state index in [2.05, 4.69) is 10.6 Å². The number of hydrogen-bond acceptors (Lipinski definition) is 3. The van der Waals surface area contributed by atoms with E-state index in [0.29, 0.717) is 17.2 Å². The number of ether oxygens (including phenoxy) is 2. The lowest BCUT2D eigenvalue weighted by Gasteiger charge is -2.16. The number of anilines is 1. The van der Waals surface area contributed by atoms with Gasteiger partial charge in [-0.1, -0.05) is 12.1 Å². The molecule has 0 radical (unpaired) electrons. The maximum atomic E-state index is 12.9. The first-order valence-corrected chi connectivity index (χ1v) is 7.08. The number of urea groups is 1. The monoisotopic (exact) mass is 318 g/mol. The second-order valence-electron chi connectivity index (χ2n) is 4.97. The first-order chi connectivity index (χ1) is 11.0. The molecule has 2 N–H and O–H groups in total. The number of rotatable bonds is 5. The van der Waals surface area contributed by atoms with E-state index >= 15 is 0 Å². The normalized spacial score (nSPS) is 11.5. The van der Waals surface area contributed by atoms with Crippen LogP contribution in [0, 0.1) is 5.82 Å². The second kappa shape index (κ2) is 7.49. The lowest BCUT2D eigenvalue weighted by Crippen LogP contribution is -2.31. The summed E-state index contributed by atoms with van der Waals surface area (Å²) in [7, 11) is 3.07. The van der Waals surface area contributed by atoms with E-state index in [1.165, 1.54) is 26.4 Å². The average molecular weight is 318 g/mol. The zero-order valence-corrected chi connectivity index (χ0v) is 13.2. The third-order valence-corrected chi connectivity index (χ3v) is 3.33. The van der Waals surface area contributed by atoms with Crippen LogP contribution in [0.15, 0.2) is 42.5 Å². The summed E-state index contributed by atoms with van der Waals surface area (Å²) in [6, 6.07) is 10.4. The van der Waals surface area contributed by atoms with E-state index in [-0.39, 0.29) is 17.9 Å². The van der Waals surface area contributed by atoms with Crippen molar-refractivity contribution in [2.45, 2.75) is 13.0 Å². The molecular formula is C17H19FN2O3. The number of carbonyl (C=O) groups excluding carboxylic acids is 1. The van der Waals surface area contributed by atoms with Gasteiger partial charge in [0.15, 0.2) is 0 Å². The smallest absolute Gasteiger partial charge is 0.319 e. The molecule has 6 heteroatoms. The summed E-state index contributed by atoms with van der Waals surface area (Å²) in [4.78, 5) is 12.1. The highest BCUT2D eigenvalue weighted by Crippen LogP contribution is 2.25. The predicted molar refractivity (Wildman–Crippen MR) is 86.5 cm³/mol. The molecule has 0 saturated carbocycles. The Kier molecular flexibility index (Phi) is 5.41. The van der Waals surface area contributed by atoms with Crippen molar-refractivity contribution in [1.82, 2.24) is 5.32 Å². The molecule has 0 unspecified atom stereocenters. The van der Waals surface area contributed by atoms with E-state index in [0.717, 1.165) is 5.56 Å². The molecule has 2 aromatic carbocycles. The van der Waals surface area contributed by atoms with Crippen LogP contribution in [0.3, 0.4) is 0 Å². The van der Waals surface area contributed by atoms with Crippen LogP contribution in [0.1, 0.15) is 18.5 Å². The second-order valence-corrected chi connectivity index (χ2v) is 4.97. The maximum absolute atomic E-state index is 12.9. The van der Waals surface area contributed by atoms with Gasteiger partial charge in [-0.2, -0.15) is 0 Å². The Morgan fingerprint density at radius 1 is 1.04 bits per heavy atom. The third-order valence-electron chi connectivity index (χ3n) is 3.33. The van der Waals surface area contributed by atoms with Crippen LogP contribution in [-0.4, -0.2) is 20.3 Å². The summed E-state index contributed by atoms with van der Waals surface area (Å²) < 4.78 is 23.2. The predicted octanol–water partition coefficient (Wildman–Crippen LogP) is 3.73. The Balaban J connectivity index is 2.03. The molecule has 1 atom stereocenters. The molecule has 0 heterocycles. The number of benzene rings is 2. The minimum atomic E-state index is -0.378. The van der Waals surface area contributed by atoms with Crippen LogP contribution in [0.4, 0.5) is 14.9 Å². The summed E-state index contributed by atoms with van der Waals surface area (Å²) in [5, 5.41) is 5.50. The fraction of sp³-hybridized carbons (Fsp3) is 0.235. The van der Waals surface area contributed by atoms with Crippen molar-refractivity contribution < 1.29 is 18.7 Å². The molecule has 0 aliphatic rings. The molecule has 0 aliphatic heterocycles. The van der Waals surface area contributed by atoms with Crippen molar-refractivity contribution in [2.24, 2.45) is 0 Å². The highest BCUT2D eigenvalue weighted by Gasteiger charge is 2.11. The molecular weight excluding hydrogens is 299 g/mol. The summed E-state index contributed by atoms with van der Waals surface area (Å²) in [6.45, 7) is 1.82. The van der Waals surface area contributed by atoms with E-state index < -0.39 is 0 Å². The third kappa shape index (κ3) is 4.60. The lowest BCUT2D eigenvalue weighted by atomic mass is 10.1. The van der Waals surface area contributed by atoms with Gasteiger partial charge in [-0.05, 0) is 24.6 Å². The van der Waals surface area contributed by atoms with Crippen molar-refractivity contribution in [3.8, 4) is 11.5 Å². The molecule has 0 aromatic heterocycles. The van der Waals surface area contributed by atoms with Gasteiger partial charge in [0, 0.05) is 23.9 Å². The maximum Gasteiger partial charge on any atom is 0.319 e. The minimum Gasteiger partial charge on any atom is -0.497 e. The fourth-order valence-electron chi connectivity index (χ4n) is 2.08. The van der Waals surface area contributed by atoms with Gasteiger partial charge in [-0.15, -0.1) is 0 Å². The van der Waals surface area contributed by atoms with Crippen LogP contribution in [0.25, 0.3) is 0 Å². The van der Waals surface area contributed by atoms with Crippen molar-refractivity contribution in [3.63, 3.8) is 0 Å². The van der Waals surface area contributed by atoms with Gasteiger partial charge in [0.2, 0.25) is 0 Å². The Bertz CT molecular complexity index is 652. The molecule has 122 valence electrons. The number of hydrogen-bond donors (Lipinski definition) is 2. The van der Waals surface area contributed by atoms with Gasteiger partial charge in [-0.25, -0.2) is 9.18 Å². The Morgan fingerprint density at radius 2 is 1.61 bits per heavy atom. The zero-order valence-electron chi connectivity index (χ0n) is 13.2. The first-order valence-electron chi connectivity index (χ1n) is 7.08. The topological polar surface area (TPSA) is 59.6 Å². The Morgan fingerprint density at radius 3 is 2.13 bits per heavy atom. The van der Waals surface area contributed by atoms with Crippen molar-refractivity contribution in [2.75, 3.05) is 19.5 Å². The SMILES string of the molecule is COc1cc(NC(=O)N[C@H](C)c2ccc(F)cc2)cc(OC)c1. The van der Waals surface area contributed by atoms with E-state index in [1.807, 2.05) is 6.92 Å². The van der Waals surface area contributed by atoms with Gasteiger partial charge in [0.05, 0.1) is 20.3 Å². The highest BCUT2D eigenvalue weighted by atomic mass is 19.1. The Labute approximate surface area is 134 Å². The zero-order chi connectivity index (χ0) is 16.8. The number of nitrogens with one attached hydrogen (secondary N) is 2. The van der Waals surface area contributed by atoms with Crippen LogP contribution in [-0.2, 0) is 0 Å². The van der Waals surface area contributed by atoms with E-state index in [4.69, 9.17) is 9.47 Å². The van der Waals surface area contributed by atoms with Crippen LogP contribution < -0.4 is 20.1 Å². The molecule has 0 spiro atoms.